The number of carbonyl (C=O) groups excluding carboxylic acids is 1. The smallest absolute Gasteiger partial charge is 0.249 e. The maximum atomic E-state index is 11.9. The maximum absolute atomic E-state index is 11.9. The van der Waals surface area contributed by atoms with Crippen LogP contribution >= 0.6 is 0 Å². The molecular weight excluding hydrogens is 270 g/mol. The Labute approximate surface area is 125 Å². The highest BCUT2D eigenvalue weighted by atomic mass is 16.5. The fraction of sp³-hybridized carbons (Fsp3) is 0.643. The van der Waals surface area contributed by atoms with Gasteiger partial charge >= 0.3 is 0 Å². The molecule has 118 valence electrons. The molecule has 0 aromatic carbocycles. The molecule has 0 fully saturated rings. The number of rotatable bonds is 6. The van der Waals surface area contributed by atoms with Crippen molar-refractivity contribution in [2.24, 2.45) is 10.9 Å². The second-order valence-electron chi connectivity index (χ2n) is 5.51. The Morgan fingerprint density at radius 1 is 1.48 bits per heavy atom. The van der Waals surface area contributed by atoms with Gasteiger partial charge in [0.2, 0.25) is 11.9 Å². The summed E-state index contributed by atoms with van der Waals surface area (Å²) < 4.78 is 5.08. The van der Waals surface area contributed by atoms with Gasteiger partial charge in [-0.1, -0.05) is 13.8 Å². The lowest BCUT2D eigenvalue weighted by Crippen LogP contribution is -2.40. The molecule has 0 bridgehead atoms. The van der Waals surface area contributed by atoms with Crippen molar-refractivity contribution in [2.45, 2.75) is 40.2 Å². The largest absolute Gasteiger partial charge is 0.383 e. The molecular formula is C14H25N5O2. The molecule has 1 rings (SSSR count). The van der Waals surface area contributed by atoms with Crippen LogP contribution in [0.1, 0.15) is 32.9 Å². The summed E-state index contributed by atoms with van der Waals surface area (Å²) in [6.45, 7) is 8.33. The summed E-state index contributed by atoms with van der Waals surface area (Å²) in [6, 6.07) is 1.86. The molecule has 0 spiro atoms. The average molecular weight is 295 g/mol. The number of H-pyrrole nitrogens is 1. The topological polar surface area (TPSA) is 91.4 Å². The third-order valence-electron chi connectivity index (χ3n) is 2.57. The van der Waals surface area contributed by atoms with Crippen molar-refractivity contribution < 1.29 is 9.53 Å². The number of nitrogens with one attached hydrogen (secondary N) is 3. The molecule has 1 atom stereocenters. The van der Waals surface area contributed by atoms with Gasteiger partial charge in [0.05, 0.1) is 6.61 Å². The Morgan fingerprint density at radius 3 is 2.71 bits per heavy atom. The molecule has 1 amide bonds. The van der Waals surface area contributed by atoms with E-state index in [0.29, 0.717) is 24.8 Å². The molecule has 3 N–H and O–H groups in total. The van der Waals surface area contributed by atoms with Gasteiger partial charge in [-0.05, 0) is 19.8 Å². The molecule has 7 nitrogen and oxygen atoms in total. The van der Waals surface area contributed by atoms with Crippen molar-refractivity contribution >= 4 is 17.7 Å². The van der Waals surface area contributed by atoms with E-state index < -0.39 is 0 Å². The van der Waals surface area contributed by atoms with Crippen LogP contribution in [0.3, 0.4) is 0 Å². The molecule has 1 heterocycles. The van der Waals surface area contributed by atoms with Crippen molar-refractivity contribution in [3.8, 4) is 0 Å². The number of aromatic amines is 1. The third-order valence-corrected chi connectivity index (χ3v) is 2.57. The molecule has 1 aromatic heterocycles. The van der Waals surface area contributed by atoms with Crippen LogP contribution in [0.4, 0.5) is 5.82 Å². The second-order valence-corrected chi connectivity index (χ2v) is 5.51. The van der Waals surface area contributed by atoms with Gasteiger partial charge in [0, 0.05) is 31.3 Å². The van der Waals surface area contributed by atoms with Crippen LogP contribution < -0.4 is 10.6 Å². The van der Waals surface area contributed by atoms with E-state index in [1.165, 1.54) is 0 Å². The van der Waals surface area contributed by atoms with E-state index in [-0.39, 0.29) is 17.9 Å². The number of carbonyl (C=O) groups is 1. The fourth-order valence-electron chi connectivity index (χ4n) is 1.74. The predicted octanol–water partition coefficient (Wildman–Crippen LogP) is 1.68. The zero-order chi connectivity index (χ0) is 15.8. The molecule has 7 heteroatoms. The molecule has 0 aliphatic carbocycles. The van der Waals surface area contributed by atoms with Crippen LogP contribution in [-0.2, 0) is 9.53 Å². The normalized spacial score (nSPS) is 13.3. The summed E-state index contributed by atoms with van der Waals surface area (Å²) >= 11 is 0. The van der Waals surface area contributed by atoms with Gasteiger partial charge in [0.25, 0.3) is 0 Å². The summed E-state index contributed by atoms with van der Waals surface area (Å²) in [7, 11) is 1.63. The van der Waals surface area contributed by atoms with E-state index in [1.807, 2.05) is 33.8 Å². The number of aliphatic imine (C=N–C) groups is 1. The van der Waals surface area contributed by atoms with Crippen LogP contribution in [0, 0.1) is 12.8 Å². The number of anilines is 1. The van der Waals surface area contributed by atoms with Gasteiger partial charge in [-0.15, -0.1) is 0 Å². The Kier molecular flexibility index (Phi) is 6.87. The zero-order valence-corrected chi connectivity index (χ0v) is 13.4. The van der Waals surface area contributed by atoms with Crippen LogP contribution in [-0.4, -0.2) is 41.8 Å². The van der Waals surface area contributed by atoms with Gasteiger partial charge in [0.1, 0.15) is 0 Å². The van der Waals surface area contributed by atoms with E-state index in [2.05, 4.69) is 25.8 Å². The first-order chi connectivity index (χ1) is 9.90. The number of nitrogens with zero attached hydrogens (tertiary/aromatic N) is 2. The molecule has 0 saturated carbocycles. The van der Waals surface area contributed by atoms with E-state index in [9.17, 15) is 4.79 Å². The fourth-order valence-corrected chi connectivity index (χ4v) is 1.74. The first-order valence-electron chi connectivity index (χ1n) is 7.06. The zero-order valence-electron chi connectivity index (χ0n) is 13.4. The van der Waals surface area contributed by atoms with Crippen LogP contribution in [0.5, 0.6) is 0 Å². The van der Waals surface area contributed by atoms with Crippen molar-refractivity contribution in [2.75, 3.05) is 19.0 Å². The summed E-state index contributed by atoms with van der Waals surface area (Å²) in [6.07, 6.45) is 0.408. The highest BCUT2D eigenvalue weighted by Gasteiger charge is 2.11. The lowest BCUT2D eigenvalue weighted by Gasteiger charge is -2.16. The van der Waals surface area contributed by atoms with Gasteiger partial charge in [-0.25, -0.2) is 0 Å². The maximum Gasteiger partial charge on any atom is 0.249 e. The molecule has 0 saturated heterocycles. The first-order valence-corrected chi connectivity index (χ1v) is 7.06. The second kappa shape index (κ2) is 8.41. The van der Waals surface area contributed by atoms with Crippen molar-refractivity contribution in [1.82, 2.24) is 15.5 Å². The minimum absolute atomic E-state index is 0.0214. The monoisotopic (exact) mass is 295 g/mol. The molecule has 1 unspecified atom stereocenters. The standard InChI is InChI=1S/C14H25N5O2/c1-9(2)6-13(20)17-14(15-11(4)8-21-5)16-12-7-10(3)18-19-12/h7,9,11H,6,8H2,1-5H3,(H3,15,16,17,18,19,20). The highest BCUT2D eigenvalue weighted by Crippen LogP contribution is 2.05. The van der Waals surface area contributed by atoms with Crippen LogP contribution in [0.25, 0.3) is 0 Å². The number of aryl methyl sites for hydroxylation is 1. The Hall–Kier alpha value is -1.89. The van der Waals surface area contributed by atoms with Crippen LogP contribution in [0.2, 0.25) is 0 Å². The van der Waals surface area contributed by atoms with Crippen LogP contribution in [0.15, 0.2) is 11.1 Å². The summed E-state index contributed by atoms with van der Waals surface area (Å²) in [5.41, 5.74) is 0.926. The number of guanidine groups is 1. The summed E-state index contributed by atoms with van der Waals surface area (Å²) in [5.74, 6) is 1.10. The van der Waals surface area contributed by atoms with Crippen molar-refractivity contribution in [3.63, 3.8) is 0 Å². The number of hydrogen-bond acceptors (Lipinski definition) is 3. The quantitative estimate of drug-likeness (QED) is 0.548. The minimum atomic E-state index is -0.170. The highest BCUT2D eigenvalue weighted by molar-refractivity contribution is 6.00. The number of methoxy groups -OCH3 is 1. The van der Waals surface area contributed by atoms with Crippen molar-refractivity contribution in [3.05, 3.63) is 11.8 Å². The molecule has 0 aliphatic heterocycles. The molecule has 21 heavy (non-hydrogen) atoms. The number of hydrogen-bond donors (Lipinski definition) is 3. The van der Waals surface area contributed by atoms with Gasteiger partial charge < -0.3 is 15.4 Å². The number of aromatic nitrogens is 2. The van der Waals surface area contributed by atoms with E-state index in [4.69, 9.17) is 4.74 Å². The Balaban J connectivity index is 2.78. The Bertz CT molecular complexity index is 481. The van der Waals surface area contributed by atoms with Gasteiger partial charge in [-0.3, -0.25) is 9.89 Å². The predicted molar refractivity (Wildman–Crippen MR) is 83.3 cm³/mol. The third kappa shape index (κ3) is 6.89. The van der Waals surface area contributed by atoms with Crippen molar-refractivity contribution in [1.29, 1.82) is 0 Å². The number of ether oxygens (including phenoxy) is 1. The van der Waals surface area contributed by atoms with E-state index in [1.54, 1.807) is 7.11 Å². The molecule has 0 radical (unpaired) electrons. The average Bonchev–Trinajstić information content (AvgIpc) is 2.73. The van der Waals surface area contributed by atoms with Gasteiger partial charge in [0.15, 0.2) is 5.82 Å². The minimum Gasteiger partial charge on any atom is -0.383 e. The lowest BCUT2D eigenvalue weighted by atomic mass is 10.1. The summed E-state index contributed by atoms with van der Waals surface area (Å²) in [5, 5.41) is 13.0. The Morgan fingerprint density at radius 2 is 2.19 bits per heavy atom. The van der Waals surface area contributed by atoms with E-state index >= 15 is 0 Å². The summed E-state index contributed by atoms with van der Waals surface area (Å²) in [4.78, 5) is 16.0. The first kappa shape index (κ1) is 17.2. The van der Waals surface area contributed by atoms with E-state index in [0.717, 1.165) is 5.69 Å². The molecule has 1 aromatic rings. The lowest BCUT2D eigenvalue weighted by molar-refractivity contribution is -0.118. The molecule has 0 aliphatic rings. The SMILES string of the molecule is COCC(C)N/C(=N/C(=O)CC(C)C)Nc1cc(C)[nH]n1. The van der Waals surface area contributed by atoms with Gasteiger partial charge in [-0.2, -0.15) is 10.1 Å². The number of amides is 1.